The van der Waals surface area contributed by atoms with Gasteiger partial charge in [0.05, 0.1) is 11.6 Å². The maximum atomic E-state index is 15.1. The number of halogens is 1. The number of cyclic esters (lactones) is 1. The Balaban J connectivity index is 1.28. The molecule has 1 aliphatic carbocycles. The molecule has 0 aromatic heterocycles. The number of nitrogens with one attached hydrogen (secondary N) is 1. The van der Waals surface area contributed by atoms with Crippen LogP contribution in [-0.4, -0.2) is 46.6 Å². The third-order valence-electron chi connectivity index (χ3n) is 7.43. The molecule has 2 aliphatic heterocycles. The number of benzene rings is 2. The minimum atomic E-state index is -0.975. The third kappa shape index (κ3) is 4.95. The first kappa shape index (κ1) is 25.7. The standard InChI is InChI=1S/C29H30FN3O5/c1-29(2,3)38-28(36)33-22-9-8-19(11-22)25(33)26(34)32-21(14-31)10-18-6-4-17(13-24(18)30)16-5-7-20-15-37-27(35)23(20)12-16/h4-7,12-13,19,21-22,25H,8-11,15H2,1-3H3,(H,32,34). The van der Waals surface area contributed by atoms with Crippen LogP contribution in [0.15, 0.2) is 36.4 Å². The van der Waals surface area contributed by atoms with Crippen molar-refractivity contribution in [3.8, 4) is 17.2 Å². The number of nitrogens with zero attached hydrogens (tertiary/aromatic N) is 2. The second-order valence-corrected chi connectivity index (χ2v) is 11.2. The van der Waals surface area contributed by atoms with Crippen molar-refractivity contribution in [3.63, 3.8) is 0 Å². The van der Waals surface area contributed by atoms with E-state index < -0.39 is 41.5 Å². The van der Waals surface area contributed by atoms with Gasteiger partial charge < -0.3 is 14.8 Å². The van der Waals surface area contributed by atoms with Crippen LogP contribution in [0.3, 0.4) is 0 Å². The van der Waals surface area contributed by atoms with E-state index in [9.17, 15) is 19.6 Å². The van der Waals surface area contributed by atoms with Crippen LogP contribution in [0, 0.1) is 23.1 Å². The van der Waals surface area contributed by atoms with Crippen molar-refractivity contribution in [2.75, 3.05) is 0 Å². The van der Waals surface area contributed by atoms with Crippen molar-refractivity contribution in [1.82, 2.24) is 10.2 Å². The van der Waals surface area contributed by atoms with E-state index >= 15 is 4.39 Å². The molecular weight excluding hydrogens is 489 g/mol. The number of amides is 2. The summed E-state index contributed by atoms with van der Waals surface area (Å²) in [6.45, 7) is 5.56. The number of fused-ring (bicyclic) bond motifs is 3. The van der Waals surface area contributed by atoms with E-state index in [1.165, 1.54) is 11.0 Å². The third-order valence-corrected chi connectivity index (χ3v) is 7.43. The second-order valence-electron chi connectivity index (χ2n) is 11.2. The average molecular weight is 520 g/mol. The number of rotatable bonds is 5. The zero-order valence-electron chi connectivity index (χ0n) is 21.6. The van der Waals surface area contributed by atoms with Crippen LogP contribution in [0.5, 0.6) is 0 Å². The van der Waals surface area contributed by atoms with E-state index in [0.717, 1.165) is 24.8 Å². The Kier molecular flexibility index (Phi) is 6.59. The van der Waals surface area contributed by atoms with Crippen molar-refractivity contribution in [3.05, 3.63) is 58.9 Å². The number of hydrogen-bond acceptors (Lipinski definition) is 6. The van der Waals surface area contributed by atoms with Crippen molar-refractivity contribution in [2.24, 2.45) is 5.92 Å². The van der Waals surface area contributed by atoms with Gasteiger partial charge in [0.25, 0.3) is 0 Å². The van der Waals surface area contributed by atoms with Gasteiger partial charge in [0, 0.05) is 18.0 Å². The number of nitriles is 1. The molecule has 2 heterocycles. The smallest absolute Gasteiger partial charge is 0.411 e. The molecule has 38 heavy (non-hydrogen) atoms. The van der Waals surface area contributed by atoms with Crippen LogP contribution >= 0.6 is 0 Å². The topological polar surface area (TPSA) is 109 Å². The molecular formula is C29H30FN3O5. The van der Waals surface area contributed by atoms with Gasteiger partial charge in [-0.15, -0.1) is 0 Å². The Morgan fingerprint density at radius 2 is 1.95 bits per heavy atom. The highest BCUT2D eigenvalue weighted by Gasteiger charge is 2.52. The van der Waals surface area contributed by atoms with E-state index in [1.807, 2.05) is 0 Å². The molecule has 2 amide bonds. The van der Waals surface area contributed by atoms with Crippen molar-refractivity contribution < 1.29 is 28.2 Å². The summed E-state index contributed by atoms with van der Waals surface area (Å²) in [4.78, 5) is 39.5. The van der Waals surface area contributed by atoms with Crippen molar-refractivity contribution >= 4 is 18.0 Å². The predicted octanol–water partition coefficient (Wildman–Crippen LogP) is 4.50. The summed E-state index contributed by atoms with van der Waals surface area (Å²) in [5, 5.41) is 12.5. The van der Waals surface area contributed by atoms with Gasteiger partial charge in [0.15, 0.2) is 0 Å². The first-order valence-corrected chi connectivity index (χ1v) is 12.8. The zero-order valence-corrected chi connectivity index (χ0v) is 21.6. The van der Waals surface area contributed by atoms with Crippen LogP contribution in [0.2, 0.25) is 0 Å². The highest BCUT2D eigenvalue weighted by atomic mass is 19.1. The first-order valence-electron chi connectivity index (χ1n) is 12.8. The Bertz CT molecular complexity index is 1340. The Labute approximate surface area is 220 Å². The second kappa shape index (κ2) is 9.75. The fourth-order valence-electron chi connectivity index (χ4n) is 5.69. The molecule has 1 N–H and O–H groups in total. The van der Waals surface area contributed by atoms with Crippen LogP contribution in [-0.2, 0) is 27.3 Å². The van der Waals surface area contributed by atoms with Crippen molar-refractivity contribution in [1.29, 1.82) is 5.26 Å². The molecule has 4 unspecified atom stereocenters. The van der Waals surface area contributed by atoms with Gasteiger partial charge in [-0.25, -0.2) is 14.0 Å². The van der Waals surface area contributed by atoms with Gasteiger partial charge in [-0.2, -0.15) is 5.26 Å². The molecule has 2 aromatic rings. The van der Waals surface area contributed by atoms with Crippen LogP contribution < -0.4 is 5.32 Å². The summed E-state index contributed by atoms with van der Waals surface area (Å²) >= 11 is 0. The minimum absolute atomic E-state index is 0.00693. The molecule has 1 saturated carbocycles. The molecule has 4 atom stereocenters. The number of piperidine rings is 1. The number of carbonyl (C=O) groups is 3. The minimum Gasteiger partial charge on any atom is -0.457 e. The number of likely N-dealkylation sites (tertiary alicyclic amines) is 1. The van der Waals surface area contributed by atoms with Gasteiger partial charge in [0.1, 0.15) is 30.1 Å². The number of esters is 1. The number of ether oxygens (including phenoxy) is 2. The van der Waals surface area contributed by atoms with E-state index in [0.29, 0.717) is 16.7 Å². The largest absolute Gasteiger partial charge is 0.457 e. The molecule has 9 heteroatoms. The molecule has 1 saturated heterocycles. The Morgan fingerprint density at radius 1 is 1.21 bits per heavy atom. The van der Waals surface area contributed by atoms with Crippen LogP contribution in [0.4, 0.5) is 9.18 Å². The lowest BCUT2D eigenvalue weighted by Gasteiger charge is -2.35. The summed E-state index contributed by atoms with van der Waals surface area (Å²) in [6, 6.07) is 10.2. The summed E-state index contributed by atoms with van der Waals surface area (Å²) in [7, 11) is 0. The molecule has 0 radical (unpaired) electrons. The zero-order chi connectivity index (χ0) is 27.2. The fraction of sp³-hybridized carbons (Fsp3) is 0.448. The fourth-order valence-corrected chi connectivity index (χ4v) is 5.69. The first-order chi connectivity index (χ1) is 18.0. The Hall–Kier alpha value is -3.93. The van der Waals surface area contributed by atoms with E-state index in [1.54, 1.807) is 51.1 Å². The molecule has 8 nitrogen and oxygen atoms in total. The molecule has 198 valence electrons. The maximum absolute atomic E-state index is 15.1. The summed E-state index contributed by atoms with van der Waals surface area (Å²) < 4.78 is 25.7. The molecule has 2 fully saturated rings. The van der Waals surface area contributed by atoms with Gasteiger partial charge >= 0.3 is 12.1 Å². The van der Waals surface area contributed by atoms with Gasteiger partial charge in [0.2, 0.25) is 5.91 Å². The summed E-state index contributed by atoms with van der Waals surface area (Å²) in [5.41, 5.74) is 2.11. The average Bonchev–Trinajstić information content (AvgIpc) is 3.58. The summed E-state index contributed by atoms with van der Waals surface area (Å²) in [6.07, 6.45) is 1.82. The quantitative estimate of drug-likeness (QED) is 0.583. The molecule has 0 spiro atoms. The van der Waals surface area contributed by atoms with Gasteiger partial charge in [-0.05, 0) is 74.8 Å². The number of hydrogen-bond donors (Lipinski definition) is 1. The number of carbonyl (C=O) groups excluding carboxylic acids is 3. The normalized spacial score (nSPS) is 22.4. The lowest BCUT2D eigenvalue weighted by atomic mass is 9.96. The highest BCUT2D eigenvalue weighted by Crippen LogP contribution is 2.43. The lowest BCUT2D eigenvalue weighted by molar-refractivity contribution is -0.128. The molecule has 3 aliphatic rings. The van der Waals surface area contributed by atoms with Gasteiger partial charge in [-0.3, -0.25) is 9.69 Å². The lowest BCUT2D eigenvalue weighted by Crippen LogP contribution is -2.55. The molecule has 5 rings (SSSR count). The predicted molar refractivity (Wildman–Crippen MR) is 135 cm³/mol. The Morgan fingerprint density at radius 3 is 2.66 bits per heavy atom. The molecule has 2 aromatic carbocycles. The highest BCUT2D eigenvalue weighted by molar-refractivity contribution is 5.95. The van der Waals surface area contributed by atoms with Crippen molar-refractivity contribution in [2.45, 2.75) is 76.8 Å². The van der Waals surface area contributed by atoms with Crippen LogP contribution in [0.25, 0.3) is 11.1 Å². The van der Waals surface area contributed by atoms with E-state index in [-0.39, 0.29) is 30.6 Å². The maximum Gasteiger partial charge on any atom is 0.411 e. The van der Waals surface area contributed by atoms with Gasteiger partial charge in [-0.1, -0.05) is 24.3 Å². The monoisotopic (exact) mass is 519 g/mol. The van der Waals surface area contributed by atoms with E-state index in [4.69, 9.17) is 9.47 Å². The van der Waals surface area contributed by atoms with Crippen LogP contribution in [0.1, 0.15) is 61.5 Å². The summed E-state index contributed by atoms with van der Waals surface area (Å²) in [5.74, 6) is -1.33. The SMILES string of the molecule is CC(C)(C)OC(=O)N1C2CCC(C2)C1C(=O)NC(C#N)Cc1ccc(-c2ccc3c(c2)C(=O)OC3)cc1F. The molecule has 2 bridgehead atoms. The van der Waals surface area contributed by atoms with E-state index in [2.05, 4.69) is 11.4 Å².